The molecule has 0 spiro atoms. The molecule has 0 aliphatic heterocycles. The van der Waals surface area contributed by atoms with Crippen LogP contribution in [0.15, 0.2) is 0 Å². The maximum Gasteiger partial charge on any atom is 0.0672 e. The predicted molar refractivity (Wildman–Crippen MR) is 21.7 cm³/mol. The Kier molecular flexibility index (Phi) is 0.578. The highest BCUT2D eigenvalue weighted by atomic mass is 14.7. The van der Waals surface area contributed by atoms with E-state index in [4.69, 9.17) is 11.0 Å². The van der Waals surface area contributed by atoms with E-state index in [-0.39, 0.29) is 12.0 Å². The normalized spacial score (nSPS) is 41.3. The molecule has 2 atom stereocenters. The van der Waals surface area contributed by atoms with Crippen LogP contribution in [-0.4, -0.2) is 6.04 Å². The van der Waals surface area contributed by atoms with Crippen LogP contribution in [-0.2, 0) is 0 Å². The first-order valence-electron chi connectivity index (χ1n) is 2.00. The number of nitriles is 1. The summed E-state index contributed by atoms with van der Waals surface area (Å²) < 4.78 is 0. The molecule has 1 aliphatic carbocycles. The third-order valence-electron chi connectivity index (χ3n) is 1.01. The second kappa shape index (κ2) is 0.954. The van der Waals surface area contributed by atoms with Gasteiger partial charge in [0.25, 0.3) is 0 Å². The topological polar surface area (TPSA) is 49.8 Å². The van der Waals surface area contributed by atoms with Gasteiger partial charge in [0, 0.05) is 6.04 Å². The number of hydrogen-bond donors (Lipinski definition) is 1. The van der Waals surface area contributed by atoms with Crippen molar-refractivity contribution in [3.8, 4) is 6.07 Å². The number of nitrogens with zero attached hydrogens (tertiary/aromatic N) is 1. The molecule has 0 aromatic rings. The lowest BCUT2D eigenvalue weighted by Crippen LogP contribution is -1.99. The lowest BCUT2D eigenvalue weighted by molar-refractivity contribution is 0.985. The minimum Gasteiger partial charge on any atom is -0.326 e. The summed E-state index contributed by atoms with van der Waals surface area (Å²) >= 11 is 0. The Balaban J connectivity index is 2.31. The fraction of sp³-hybridized carbons (Fsp3) is 0.750. The molecule has 1 aliphatic rings. The second-order valence-corrected chi connectivity index (χ2v) is 1.64. The Labute approximate surface area is 36.6 Å². The van der Waals surface area contributed by atoms with Crippen molar-refractivity contribution in [3.05, 3.63) is 0 Å². The third-order valence-corrected chi connectivity index (χ3v) is 1.01. The van der Waals surface area contributed by atoms with E-state index in [2.05, 4.69) is 6.07 Å². The van der Waals surface area contributed by atoms with Crippen molar-refractivity contribution >= 4 is 0 Å². The molecular formula is C4H6N2. The fourth-order valence-corrected chi connectivity index (χ4v) is 0.363. The standard InChI is InChI=1S/C4H6N2/c5-2-3-1-4(3)6/h3-4H,1,6H2/t3-,4-/m1/s1. The molecule has 6 heavy (non-hydrogen) atoms. The van der Waals surface area contributed by atoms with Gasteiger partial charge in [0.1, 0.15) is 0 Å². The van der Waals surface area contributed by atoms with Crippen molar-refractivity contribution in [2.75, 3.05) is 0 Å². The minimum absolute atomic E-state index is 0.185. The Morgan fingerprint density at radius 2 is 2.33 bits per heavy atom. The lowest BCUT2D eigenvalue weighted by atomic mass is 10.5. The van der Waals surface area contributed by atoms with E-state index in [0.717, 1.165) is 6.42 Å². The van der Waals surface area contributed by atoms with Crippen LogP contribution in [0.25, 0.3) is 0 Å². The van der Waals surface area contributed by atoms with E-state index in [0.29, 0.717) is 0 Å². The molecule has 0 aromatic heterocycles. The summed E-state index contributed by atoms with van der Waals surface area (Å²) in [5.74, 6) is 0.185. The summed E-state index contributed by atoms with van der Waals surface area (Å²) in [6.07, 6.45) is 0.913. The summed E-state index contributed by atoms with van der Waals surface area (Å²) in [6, 6.07) is 2.27. The van der Waals surface area contributed by atoms with Crippen molar-refractivity contribution in [2.45, 2.75) is 12.5 Å². The van der Waals surface area contributed by atoms with E-state index in [1.54, 1.807) is 0 Å². The van der Waals surface area contributed by atoms with Gasteiger partial charge in [-0.3, -0.25) is 0 Å². The van der Waals surface area contributed by atoms with E-state index in [1.807, 2.05) is 0 Å². The van der Waals surface area contributed by atoms with Crippen molar-refractivity contribution in [1.82, 2.24) is 0 Å². The van der Waals surface area contributed by atoms with Gasteiger partial charge in [-0.05, 0) is 6.42 Å². The monoisotopic (exact) mass is 82.1 g/mol. The lowest BCUT2D eigenvalue weighted by Gasteiger charge is -1.67. The SMILES string of the molecule is N#C[C@H]1C[C@H]1N. The van der Waals surface area contributed by atoms with E-state index < -0.39 is 0 Å². The summed E-state index contributed by atoms with van der Waals surface area (Å²) in [7, 11) is 0. The summed E-state index contributed by atoms with van der Waals surface area (Å²) in [6.45, 7) is 0. The van der Waals surface area contributed by atoms with Crippen molar-refractivity contribution in [2.24, 2.45) is 11.7 Å². The fourth-order valence-electron chi connectivity index (χ4n) is 0.363. The first-order chi connectivity index (χ1) is 2.84. The third kappa shape index (κ3) is 0.373. The first kappa shape index (κ1) is 3.63. The molecule has 2 N–H and O–H groups in total. The maximum absolute atomic E-state index is 8.05. The zero-order valence-electron chi connectivity index (χ0n) is 3.39. The highest BCUT2D eigenvalue weighted by Gasteiger charge is 2.32. The molecule has 0 bridgehead atoms. The van der Waals surface area contributed by atoms with Crippen molar-refractivity contribution in [1.29, 1.82) is 5.26 Å². The molecule has 0 aromatic carbocycles. The molecule has 0 radical (unpaired) electrons. The number of rotatable bonds is 0. The number of nitrogens with two attached hydrogens (primary N) is 1. The van der Waals surface area contributed by atoms with Crippen molar-refractivity contribution in [3.63, 3.8) is 0 Å². The molecule has 2 heteroatoms. The van der Waals surface area contributed by atoms with Crippen LogP contribution in [0.5, 0.6) is 0 Å². The average molecular weight is 82.1 g/mol. The van der Waals surface area contributed by atoms with Gasteiger partial charge in [0.05, 0.1) is 12.0 Å². The van der Waals surface area contributed by atoms with Gasteiger partial charge < -0.3 is 5.73 Å². The molecule has 2 nitrogen and oxygen atoms in total. The zero-order valence-corrected chi connectivity index (χ0v) is 3.39. The first-order valence-corrected chi connectivity index (χ1v) is 2.00. The van der Waals surface area contributed by atoms with Crippen LogP contribution in [0.1, 0.15) is 6.42 Å². The van der Waals surface area contributed by atoms with Gasteiger partial charge in [-0.2, -0.15) is 5.26 Å². The molecular weight excluding hydrogens is 76.1 g/mol. The second-order valence-electron chi connectivity index (χ2n) is 1.64. The van der Waals surface area contributed by atoms with E-state index >= 15 is 0 Å². The van der Waals surface area contributed by atoms with Crippen LogP contribution in [0.2, 0.25) is 0 Å². The van der Waals surface area contributed by atoms with Gasteiger partial charge in [0.15, 0.2) is 0 Å². The van der Waals surface area contributed by atoms with Gasteiger partial charge in [0.2, 0.25) is 0 Å². The van der Waals surface area contributed by atoms with Gasteiger partial charge in [-0.1, -0.05) is 0 Å². The smallest absolute Gasteiger partial charge is 0.0672 e. The zero-order chi connectivity index (χ0) is 4.57. The van der Waals surface area contributed by atoms with Gasteiger partial charge >= 0.3 is 0 Å². The molecule has 1 fully saturated rings. The Hall–Kier alpha value is -0.550. The molecule has 0 amide bonds. The Morgan fingerprint density at radius 3 is 2.33 bits per heavy atom. The van der Waals surface area contributed by atoms with Gasteiger partial charge in [-0.15, -0.1) is 0 Å². The molecule has 0 saturated heterocycles. The van der Waals surface area contributed by atoms with E-state index in [1.165, 1.54) is 0 Å². The van der Waals surface area contributed by atoms with Crippen molar-refractivity contribution < 1.29 is 0 Å². The van der Waals surface area contributed by atoms with Crippen LogP contribution in [0.4, 0.5) is 0 Å². The predicted octanol–water partition coefficient (Wildman–Crippen LogP) is -0.143. The summed E-state index contributed by atoms with van der Waals surface area (Å²) in [4.78, 5) is 0. The van der Waals surface area contributed by atoms with Crippen LogP contribution in [0.3, 0.4) is 0 Å². The molecule has 1 rings (SSSR count). The molecule has 32 valence electrons. The average Bonchev–Trinajstić information content (AvgIpc) is 2.19. The summed E-state index contributed by atoms with van der Waals surface area (Å²) in [5.41, 5.74) is 5.25. The minimum atomic E-state index is 0.185. The Bertz CT molecular complexity index is 92.2. The molecule has 0 heterocycles. The highest BCUT2D eigenvalue weighted by molar-refractivity contribution is 5.04. The van der Waals surface area contributed by atoms with Crippen LogP contribution < -0.4 is 5.73 Å². The number of hydrogen-bond acceptors (Lipinski definition) is 2. The van der Waals surface area contributed by atoms with Crippen LogP contribution in [0, 0.1) is 17.2 Å². The maximum atomic E-state index is 8.05. The highest BCUT2D eigenvalue weighted by Crippen LogP contribution is 2.25. The van der Waals surface area contributed by atoms with Crippen LogP contribution >= 0.6 is 0 Å². The largest absolute Gasteiger partial charge is 0.326 e. The van der Waals surface area contributed by atoms with E-state index in [9.17, 15) is 0 Å². The molecule has 1 saturated carbocycles. The van der Waals surface area contributed by atoms with Gasteiger partial charge in [-0.25, -0.2) is 0 Å². The Morgan fingerprint density at radius 1 is 1.83 bits per heavy atom. The molecule has 0 unspecified atom stereocenters. The quantitative estimate of drug-likeness (QED) is 0.442. The summed E-state index contributed by atoms with van der Waals surface area (Å²) in [5, 5.41) is 8.05.